The van der Waals surface area contributed by atoms with Crippen LogP contribution in [0.25, 0.3) is 0 Å². The van der Waals surface area contributed by atoms with E-state index in [0.717, 1.165) is 12.1 Å². The molecule has 14 heavy (non-hydrogen) atoms. The third-order valence-corrected chi connectivity index (χ3v) is 1.72. The predicted molar refractivity (Wildman–Crippen MR) is 47.1 cm³/mol. The van der Waals surface area contributed by atoms with Crippen molar-refractivity contribution in [2.75, 3.05) is 7.11 Å². The zero-order valence-electron chi connectivity index (χ0n) is 7.53. The number of hydrogen-bond donors (Lipinski definition) is 0. The second kappa shape index (κ2) is 4.49. The first kappa shape index (κ1) is 10.4. The van der Waals surface area contributed by atoms with E-state index in [2.05, 4.69) is 4.74 Å². The molecule has 72 valence electrons. The zero-order valence-corrected chi connectivity index (χ0v) is 7.53. The summed E-state index contributed by atoms with van der Waals surface area (Å²) in [5.41, 5.74) is 0.264. The van der Waals surface area contributed by atoms with Crippen LogP contribution in [0.5, 0.6) is 0 Å². The second-order valence-electron chi connectivity index (χ2n) is 2.62. The summed E-state index contributed by atoms with van der Waals surface area (Å²) in [6, 6.07) is 6.67. The van der Waals surface area contributed by atoms with Crippen LogP contribution in [-0.4, -0.2) is 19.0 Å². The number of Topliss-reactive ketones (excluding diaryl/α,β-unsaturated/α-hetero) is 1. The van der Waals surface area contributed by atoms with Gasteiger partial charge in [0.2, 0.25) is 11.9 Å². The average Bonchev–Trinajstić information content (AvgIpc) is 2.20. The Morgan fingerprint density at radius 2 is 2.07 bits per heavy atom. The monoisotopic (exact) mass is 193 g/mol. The number of ether oxygens (including phenoxy) is 1. The highest BCUT2D eigenvalue weighted by molar-refractivity contribution is 6.01. The fourth-order valence-corrected chi connectivity index (χ4v) is 0.984. The number of benzene rings is 1. The summed E-state index contributed by atoms with van der Waals surface area (Å²) in [6.07, 6.45) is -1.12. The minimum atomic E-state index is -1.12. The Morgan fingerprint density at radius 1 is 1.50 bits per heavy atom. The molecule has 0 aliphatic heterocycles. The molecule has 1 aromatic rings. The smallest absolute Gasteiger partial charge is 0.206 e. The van der Waals surface area contributed by atoms with E-state index in [0.29, 0.717) is 0 Å². The first-order valence-electron chi connectivity index (χ1n) is 3.91. The van der Waals surface area contributed by atoms with Crippen molar-refractivity contribution in [1.29, 1.82) is 5.26 Å². The van der Waals surface area contributed by atoms with Gasteiger partial charge in [0, 0.05) is 12.7 Å². The standard InChI is InChI=1S/C10H8FNO2/c1-14-9(6-12)10(13)7-2-4-8(11)5-3-7/h2-5,9H,1H3. The van der Waals surface area contributed by atoms with Crippen LogP contribution in [0.15, 0.2) is 24.3 Å². The van der Waals surface area contributed by atoms with Crippen molar-refractivity contribution in [3.8, 4) is 6.07 Å². The zero-order chi connectivity index (χ0) is 10.6. The number of hydrogen-bond acceptors (Lipinski definition) is 3. The first-order chi connectivity index (χ1) is 6.69. The van der Waals surface area contributed by atoms with Crippen molar-refractivity contribution >= 4 is 5.78 Å². The van der Waals surface area contributed by atoms with E-state index >= 15 is 0 Å². The van der Waals surface area contributed by atoms with Gasteiger partial charge in [-0.25, -0.2) is 4.39 Å². The molecule has 1 atom stereocenters. The number of rotatable bonds is 3. The topological polar surface area (TPSA) is 50.1 Å². The van der Waals surface area contributed by atoms with Gasteiger partial charge in [-0.2, -0.15) is 5.26 Å². The van der Waals surface area contributed by atoms with E-state index in [1.54, 1.807) is 6.07 Å². The number of nitriles is 1. The maximum absolute atomic E-state index is 12.5. The summed E-state index contributed by atoms with van der Waals surface area (Å²) < 4.78 is 17.1. The van der Waals surface area contributed by atoms with Crippen molar-refractivity contribution in [2.45, 2.75) is 6.10 Å². The SMILES string of the molecule is COC(C#N)C(=O)c1ccc(F)cc1. The first-order valence-corrected chi connectivity index (χ1v) is 3.91. The maximum Gasteiger partial charge on any atom is 0.206 e. The van der Waals surface area contributed by atoms with Gasteiger partial charge in [0.05, 0.1) is 0 Å². The van der Waals surface area contributed by atoms with Gasteiger partial charge in [-0.15, -0.1) is 0 Å². The molecule has 0 heterocycles. The molecule has 3 nitrogen and oxygen atoms in total. The highest BCUT2D eigenvalue weighted by Crippen LogP contribution is 2.07. The van der Waals surface area contributed by atoms with Gasteiger partial charge in [0.25, 0.3) is 0 Å². The van der Waals surface area contributed by atoms with Gasteiger partial charge >= 0.3 is 0 Å². The highest BCUT2D eigenvalue weighted by Gasteiger charge is 2.18. The number of halogens is 1. The average molecular weight is 193 g/mol. The largest absolute Gasteiger partial charge is 0.359 e. The van der Waals surface area contributed by atoms with Crippen LogP contribution in [0.3, 0.4) is 0 Å². The van der Waals surface area contributed by atoms with Gasteiger partial charge < -0.3 is 4.74 Å². The van der Waals surface area contributed by atoms with E-state index in [4.69, 9.17) is 5.26 Å². The fraction of sp³-hybridized carbons (Fsp3) is 0.200. The Kier molecular flexibility index (Phi) is 3.32. The Balaban J connectivity index is 2.90. The van der Waals surface area contributed by atoms with E-state index < -0.39 is 17.7 Å². The second-order valence-corrected chi connectivity index (χ2v) is 2.62. The van der Waals surface area contributed by atoms with Crippen LogP contribution in [0.4, 0.5) is 4.39 Å². The van der Waals surface area contributed by atoms with Crippen LogP contribution in [-0.2, 0) is 4.74 Å². The molecule has 1 aromatic carbocycles. The third kappa shape index (κ3) is 2.15. The molecule has 0 spiro atoms. The molecule has 0 fully saturated rings. The minimum Gasteiger partial charge on any atom is -0.359 e. The summed E-state index contributed by atoms with van der Waals surface area (Å²) in [5, 5.41) is 8.54. The predicted octanol–water partition coefficient (Wildman–Crippen LogP) is 1.55. The molecule has 0 aromatic heterocycles. The molecule has 0 N–H and O–H groups in total. The molecule has 0 aliphatic carbocycles. The van der Waals surface area contributed by atoms with Crippen molar-refractivity contribution in [3.63, 3.8) is 0 Å². The van der Waals surface area contributed by atoms with Gasteiger partial charge in [-0.3, -0.25) is 4.79 Å². The molecular formula is C10H8FNO2. The van der Waals surface area contributed by atoms with Crippen LogP contribution in [0.1, 0.15) is 10.4 Å². The van der Waals surface area contributed by atoms with E-state index in [1.165, 1.54) is 19.2 Å². The normalized spacial score (nSPS) is 11.8. The lowest BCUT2D eigenvalue weighted by Crippen LogP contribution is -2.20. The third-order valence-electron chi connectivity index (χ3n) is 1.72. The summed E-state index contributed by atoms with van der Waals surface area (Å²) in [5.74, 6) is -0.887. The fourth-order valence-electron chi connectivity index (χ4n) is 0.984. The molecule has 0 bridgehead atoms. The Morgan fingerprint density at radius 3 is 2.50 bits per heavy atom. The van der Waals surface area contributed by atoms with E-state index in [9.17, 15) is 9.18 Å². The molecule has 0 amide bonds. The molecule has 0 aliphatic rings. The lowest BCUT2D eigenvalue weighted by Gasteiger charge is -2.04. The number of carbonyl (C=O) groups excluding carboxylic acids is 1. The van der Waals surface area contributed by atoms with Crippen molar-refractivity contribution < 1.29 is 13.9 Å². The summed E-state index contributed by atoms with van der Waals surface area (Å²) in [6.45, 7) is 0. The van der Waals surface area contributed by atoms with Crippen LogP contribution in [0.2, 0.25) is 0 Å². The maximum atomic E-state index is 12.5. The number of ketones is 1. The van der Waals surface area contributed by atoms with Crippen molar-refractivity contribution in [3.05, 3.63) is 35.6 Å². The van der Waals surface area contributed by atoms with Gasteiger partial charge in [-0.1, -0.05) is 0 Å². The van der Waals surface area contributed by atoms with Gasteiger partial charge in [0.15, 0.2) is 0 Å². The van der Waals surface area contributed by atoms with Gasteiger partial charge in [-0.05, 0) is 24.3 Å². The lowest BCUT2D eigenvalue weighted by atomic mass is 10.1. The number of methoxy groups -OCH3 is 1. The molecular weight excluding hydrogens is 185 g/mol. The Bertz CT molecular complexity index is 367. The summed E-state index contributed by atoms with van der Waals surface area (Å²) in [4.78, 5) is 11.4. The lowest BCUT2D eigenvalue weighted by molar-refractivity contribution is 0.0734. The number of nitrogens with zero attached hydrogens (tertiary/aromatic N) is 1. The van der Waals surface area contributed by atoms with E-state index in [-0.39, 0.29) is 5.56 Å². The Hall–Kier alpha value is -1.73. The van der Waals surface area contributed by atoms with Crippen LogP contribution >= 0.6 is 0 Å². The molecule has 1 unspecified atom stereocenters. The minimum absolute atomic E-state index is 0.264. The molecule has 4 heteroatoms. The summed E-state index contributed by atoms with van der Waals surface area (Å²) in [7, 11) is 1.27. The van der Waals surface area contributed by atoms with Crippen LogP contribution in [0, 0.1) is 17.1 Å². The van der Waals surface area contributed by atoms with Crippen molar-refractivity contribution in [1.82, 2.24) is 0 Å². The number of carbonyl (C=O) groups is 1. The van der Waals surface area contributed by atoms with Gasteiger partial charge in [0.1, 0.15) is 11.9 Å². The Labute approximate surface area is 80.7 Å². The highest BCUT2D eigenvalue weighted by atomic mass is 19.1. The molecule has 0 radical (unpaired) electrons. The molecule has 1 rings (SSSR count). The molecule has 0 saturated heterocycles. The van der Waals surface area contributed by atoms with Crippen molar-refractivity contribution in [2.24, 2.45) is 0 Å². The van der Waals surface area contributed by atoms with E-state index in [1.807, 2.05) is 0 Å². The quantitative estimate of drug-likeness (QED) is 0.684. The molecule has 0 saturated carbocycles. The summed E-state index contributed by atoms with van der Waals surface area (Å²) >= 11 is 0. The van der Waals surface area contributed by atoms with Crippen LogP contribution < -0.4 is 0 Å².